The molecule has 1 atom stereocenters. The van der Waals surface area contributed by atoms with Gasteiger partial charge in [-0.3, -0.25) is 0 Å². The van der Waals surface area contributed by atoms with Crippen LogP contribution in [0.4, 0.5) is 5.69 Å². The second kappa shape index (κ2) is 4.47. The van der Waals surface area contributed by atoms with Gasteiger partial charge in [0.05, 0.1) is 11.9 Å². The lowest BCUT2D eigenvalue weighted by molar-refractivity contribution is 0.793. The average molecular weight is 249 g/mol. The zero-order chi connectivity index (χ0) is 11.7. The van der Waals surface area contributed by atoms with E-state index in [0.717, 1.165) is 30.6 Å². The van der Waals surface area contributed by atoms with Gasteiger partial charge in [-0.1, -0.05) is 11.6 Å². The highest BCUT2D eigenvalue weighted by molar-refractivity contribution is 6.29. The Balaban J connectivity index is 1.88. The molecule has 5 heteroatoms. The van der Waals surface area contributed by atoms with Gasteiger partial charge in [0.2, 0.25) is 0 Å². The van der Waals surface area contributed by atoms with Gasteiger partial charge in [0, 0.05) is 18.0 Å². The van der Waals surface area contributed by atoms with Crippen LogP contribution in [-0.2, 0) is 0 Å². The molecule has 0 spiro atoms. The summed E-state index contributed by atoms with van der Waals surface area (Å²) in [6.45, 7) is 2.09. The number of hydrogen-bond donors (Lipinski definition) is 2. The summed E-state index contributed by atoms with van der Waals surface area (Å²) in [5, 5.41) is 8.27. The SMILES string of the molecule is Clc1ccc2cc(N[C@@H]3CCNC3)cnc2n1. The van der Waals surface area contributed by atoms with Gasteiger partial charge in [-0.05, 0) is 31.2 Å². The maximum atomic E-state index is 5.82. The van der Waals surface area contributed by atoms with Crippen molar-refractivity contribution < 1.29 is 0 Å². The maximum absolute atomic E-state index is 5.82. The van der Waals surface area contributed by atoms with Crippen molar-refractivity contribution in [2.24, 2.45) is 0 Å². The largest absolute Gasteiger partial charge is 0.380 e. The van der Waals surface area contributed by atoms with Crippen LogP contribution in [0.1, 0.15) is 6.42 Å². The first-order valence-electron chi connectivity index (χ1n) is 5.71. The van der Waals surface area contributed by atoms with Crippen LogP contribution >= 0.6 is 11.6 Å². The number of pyridine rings is 2. The van der Waals surface area contributed by atoms with Gasteiger partial charge in [-0.2, -0.15) is 0 Å². The monoisotopic (exact) mass is 248 g/mol. The fourth-order valence-electron chi connectivity index (χ4n) is 2.08. The average Bonchev–Trinajstić information content (AvgIpc) is 2.82. The van der Waals surface area contributed by atoms with E-state index < -0.39 is 0 Å². The molecule has 1 saturated heterocycles. The van der Waals surface area contributed by atoms with E-state index >= 15 is 0 Å². The number of nitrogens with one attached hydrogen (secondary N) is 2. The lowest BCUT2D eigenvalue weighted by Crippen LogP contribution is -2.22. The van der Waals surface area contributed by atoms with E-state index in [-0.39, 0.29) is 0 Å². The molecule has 0 unspecified atom stereocenters. The summed E-state index contributed by atoms with van der Waals surface area (Å²) in [7, 11) is 0. The molecule has 2 aromatic rings. The number of halogens is 1. The van der Waals surface area contributed by atoms with Crippen LogP contribution in [0.2, 0.25) is 5.15 Å². The summed E-state index contributed by atoms with van der Waals surface area (Å²) in [4.78, 5) is 8.47. The van der Waals surface area contributed by atoms with Gasteiger partial charge >= 0.3 is 0 Å². The molecule has 3 rings (SSSR count). The zero-order valence-corrected chi connectivity index (χ0v) is 10.0. The minimum Gasteiger partial charge on any atom is -0.380 e. The molecule has 0 aromatic carbocycles. The molecule has 2 N–H and O–H groups in total. The van der Waals surface area contributed by atoms with Gasteiger partial charge in [-0.15, -0.1) is 0 Å². The first-order chi connectivity index (χ1) is 8.31. The first kappa shape index (κ1) is 10.7. The van der Waals surface area contributed by atoms with Crippen molar-refractivity contribution in [1.29, 1.82) is 0 Å². The van der Waals surface area contributed by atoms with Crippen molar-refractivity contribution in [3.63, 3.8) is 0 Å². The normalized spacial score (nSPS) is 19.7. The summed E-state index contributed by atoms with van der Waals surface area (Å²) in [5.74, 6) is 0. The molecule has 17 heavy (non-hydrogen) atoms. The molecular weight excluding hydrogens is 236 g/mol. The van der Waals surface area contributed by atoms with E-state index in [4.69, 9.17) is 11.6 Å². The molecular formula is C12H13ClN4. The van der Waals surface area contributed by atoms with Crippen molar-refractivity contribution in [3.05, 3.63) is 29.5 Å². The molecule has 3 heterocycles. The second-order valence-corrected chi connectivity index (χ2v) is 4.63. The van der Waals surface area contributed by atoms with Crippen LogP contribution < -0.4 is 10.6 Å². The van der Waals surface area contributed by atoms with Crippen LogP contribution in [0.3, 0.4) is 0 Å². The molecule has 4 nitrogen and oxygen atoms in total. The van der Waals surface area contributed by atoms with Gasteiger partial charge in [0.15, 0.2) is 5.65 Å². The Morgan fingerprint density at radius 3 is 3.18 bits per heavy atom. The smallest absolute Gasteiger partial charge is 0.160 e. The highest BCUT2D eigenvalue weighted by atomic mass is 35.5. The van der Waals surface area contributed by atoms with Crippen LogP contribution in [0.5, 0.6) is 0 Å². The third-order valence-corrected chi connectivity index (χ3v) is 3.15. The van der Waals surface area contributed by atoms with Crippen molar-refractivity contribution in [3.8, 4) is 0 Å². The lowest BCUT2D eigenvalue weighted by atomic mass is 10.2. The number of hydrogen-bond acceptors (Lipinski definition) is 4. The molecule has 0 radical (unpaired) electrons. The number of rotatable bonds is 2. The van der Waals surface area contributed by atoms with Gasteiger partial charge in [-0.25, -0.2) is 9.97 Å². The quantitative estimate of drug-likeness (QED) is 0.799. The van der Waals surface area contributed by atoms with E-state index in [0.29, 0.717) is 16.8 Å². The second-order valence-electron chi connectivity index (χ2n) is 4.24. The number of nitrogens with zero attached hydrogens (tertiary/aromatic N) is 2. The lowest BCUT2D eigenvalue weighted by Gasteiger charge is -2.12. The van der Waals surface area contributed by atoms with E-state index in [1.165, 1.54) is 0 Å². The van der Waals surface area contributed by atoms with Gasteiger partial charge in [0.25, 0.3) is 0 Å². The Hall–Kier alpha value is -1.39. The molecule has 1 aliphatic heterocycles. The summed E-state index contributed by atoms with van der Waals surface area (Å²) < 4.78 is 0. The maximum Gasteiger partial charge on any atom is 0.160 e. The predicted molar refractivity (Wildman–Crippen MR) is 69.4 cm³/mol. The Morgan fingerprint density at radius 2 is 2.35 bits per heavy atom. The molecule has 1 fully saturated rings. The van der Waals surface area contributed by atoms with Crippen LogP contribution in [0.15, 0.2) is 24.4 Å². The van der Waals surface area contributed by atoms with Crippen molar-refractivity contribution in [1.82, 2.24) is 15.3 Å². The minimum absolute atomic E-state index is 0.478. The Bertz CT molecular complexity index is 537. The molecule has 2 aromatic heterocycles. The topological polar surface area (TPSA) is 49.8 Å². The highest BCUT2D eigenvalue weighted by Gasteiger charge is 2.13. The van der Waals surface area contributed by atoms with Crippen LogP contribution in [0, 0.1) is 0 Å². The Labute approximate surface area is 104 Å². The third kappa shape index (κ3) is 2.33. The predicted octanol–water partition coefficient (Wildman–Crippen LogP) is 2.06. The molecule has 88 valence electrons. The van der Waals surface area contributed by atoms with E-state index in [2.05, 4.69) is 26.7 Å². The van der Waals surface area contributed by atoms with Crippen molar-refractivity contribution in [2.45, 2.75) is 12.5 Å². The van der Waals surface area contributed by atoms with Crippen molar-refractivity contribution in [2.75, 3.05) is 18.4 Å². The van der Waals surface area contributed by atoms with Crippen molar-refractivity contribution >= 4 is 28.3 Å². The fraction of sp³-hybridized carbons (Fsp3) is 0.333. The van der Waals surface area contributed by atoms with E-state index in [9.17, 15) is 0 Å². The van der Waals surface area contributed by atoms with Crippen LogP contribution in [-0.4, -0.2) is 29.1 Å². The van der Waals surface area contributed by atoms with Gasteiger partial charge in [0.1, 0.15) is 5.15 Å². The van der Waals surface area contributed by atoms with E-state index in [1.54, 1.807) is 6.07 Å². The fourth-order valence-corrected chi connectivity index (χ4v) is 2.22. The molecule has 0 saturated carbocycles. The summed E-state index contributed by atoms with van der Waals surface area (Å²) in [6, 6.07) is 6.28. The number of anilines is 1. The zero-order valence-electron chi connectivity index (χ0n) is 9.28. The summed E-state index contributed by atoms with van der Waals surface area (Å²) >= 11 is 5.82. The standard InChI is InChI=1S/C12H13ClN4/c13-11-2-1-8-5-10(7-15-12(8)17-11)16-9-3-4-14-6-9/h1-2,5,7,9,14,16H,3-4,6H2/t9-/m1/s1. The van der Waals surface area contributed by atoms with Crippen LogP contribution in [0.25, 0.3) is 11.0 Å². The number of aromatic nitrogens is 2. The first-order valence-corrected chi connectivity index (χ1v) is 6.08. The Kier molecular flexibility index (Phi) is 2.82. The molecule has 0 bridgehead atoms. The van der Waals surface area contributed by atoms with E-state index in [1.807, 2.05) is 12.3 Å². The highest BCUT2D eigenvalue weighted by Crippen LogP contribution is 2.18. The molecule has 0 amide bonds. The Morgan fingerprint density at radius 1 is 1.41 bits per heavy atom. The third-order valence-electron chi connectivity index (χ3n) is 2.94. The summed E-state index contributed by atoms with van der Waals surface area (Å²) in [6.07, 6.45) is 2.96. The summed E-state index contributed by atoms with van der Waals surface area (Å²) in [5.41, 5.74) is 1.72. The van der Waals surface area contributed by atoms with Gasteiger partial charge < -0.3 is 10.6 Å². The number of fused-ring (bicyclic) bond motifs is 1. The molecule has 0 aliphatic carbocycles. The molecule has 1 aliphatic rings. The minimum atomic E-state index is 0.478.